The van der Waals surface area contributed by atoms with Crippen molar-refractivity contribution in [3.8, 4) is 0 Å². The largest absolute Gasteiger partial charge is 0.372 e. The summed E-state index contributed by atoms with van der Waals surface area (Å²) >= 11 is 6.02. The first-order chi connectivity index (χ1) is 13.7. The summed E-state index contributed by atoms with van der Waals surface area (Å²) in [7, 11) is -3.76. The fourth-order valence-electron chi connectivity index (χ4n) is 3.14. The molecular formula is C21H23ClN2O4S. The minimum Gasteiger partial charge on any atom is -0.372 e. The number of sulfonamides is 1. The third kappa shape index (κ3) is 5.59. The fourth-order valence-corrected chi connectivity index (χ4v) is 4.46. The van der Waals surface area contributed by atoms with E-state index in [-0.39, 0.29) is 23.0 Å². The second kappa shape index (κ2) is 8.98. The van der Waals surface area contributed by atoms with Crippen LogP contribution in [0.3, 0.4) is 0 Å². The Kier molecular flexibility index (Phi) is 6.62. The Balaban J connectivity index is 1.67. The lowest BCUT2D eigenvalue weighted by atomic mass is 10.2. The SMILES string of the molecule is CC1CN(C(=O)/C=C/c2ccc(S(=O)(=O)Nc3ccccc3Cl)cc2)CC(C)O1. The molecule has 1 heterocycles. The number of benzene rings is 2. The molecule has 1 aliphatic rings. The maximum atomic E-state index is 12.5. The Morgan fingerprint density at radius 1 is 1.10 bits per heavy atom. The van der Waals surface area contributed by atoms with Crippen LogP contribution in [0, 0.1) is 0 Å². The lowest BCUT2D eigenvalue weighted by molar-refractivity contribution is -0.137. The summed E-state index contributed by atoms with van der Waals surface area (Å²) in [6.45, 7) is 4.99. The average Bonchev–Trinajstić information content (AvgIpc) is 2.67. The van der Waals surface area contributed by atoms with Crippen LogP contribution in [0.1, 0.15) is 19.4 Å². The molecule has 2 aromatic carbocycles. The molecule has 0 radical (unpaired) electrons. The van der Waals surface area contributed by atoms with E-state index in [0.29, 0.717) is 23.8 Å². The normalized spacial score (nSPS) is 20.0. The van der Waals surface area contributed by atoms with Gasteiger partial charge in [-0.25, -0.2) is 8.42 Å². The molecule has 0 bridgehead atoms. The zero-order valence-electron chi connectivity index (χ0n) is 16.2. The summed E-state index contributed by atoms with van der Waals surface area (Å²) in [5.41, 5.74) is 1.04. The minimum absolute atomic E-state index is 0.00575. The summed E-state index contributed by atoms with van der Waals surface area (Å²) in [5, 5.41) is 0.320. The monoisotopic (exact) mass is 434 g/mol. The van der Waals surface area contributed by atoms with E-state index >= 15 is 0 Å². The van der Waals surface area contributed by atoms with Crippen molar-refractivity contribution in [3.63, 3.8) is 0 Å². The number of para-hydroxylation sites is 1. The van der Waals surface area contributed by atoms with E-state index < -0.39 is 10.0 Å². The number of carbonyl (C=O) groups is 1. The Morgan fingerprint density at radius 2 is 1.72 bits per heavy atom. The number of halogens is 1. The van der Waals surface area contributed by atoms with Gasteiger partial charge in [-0.1, -0.05) is 35.9 Å². The molecule has 0 aromatic heterocycles. The molecule has 2 unspecified atom stereocenters. The van der Waals surface area contributed by atoms with Crippen LogP contribution in [-0.2, 0) is 19.6 Å². The Morgan fingerprint density at radius 3 is 2.34 bits per heavy atom. The second-order valence-electron chi connectivity index (χ2n) is 6.99. The van der Waals surface area contributed by atoms with Gasteiger partial charge in [-0.3, -0.25) is 9.52 Å². The number of nitrogens with zero attached hydrogens (tertiary/aromatic N) is 1. The first-order valence-corrected chi connectivity index (χ1v) is 11.1. The number of nitrogens with one attached hydrogen (secondary N) is 1. The van der Waals surface area contributed by atoms with Crippen molar-refractivity contribution in [3.05, 3.63) is 65.2 Å². The first kappa shape index (κ1) is 21.4. The van der Waals surface area contributed by atoms with E-state index in [1.807, 2.05) is 13.8 Å². The third-order valence-electron chi connectivity index (χ3n) is 4.46. The highest BCUT2D eigenvalue weighted by Gasteiger charge is 2.24. The number of hydrogen-bond acceptors (Lipinski definition) is 4. The van der Waals surface area contributed by atoms with Crippen LogP contribution in [-0.4, -0.2) is 44.5 Å². The van der Waals surface area contributed by atoms with Crippen molar-refractivity contribution in [2.45, 2.75) is 31.0 Å². The molecule has 6 nitrogen and oxygen atoms in total. The molecule has 29 heavy (non-hydrogen) atoms. The van der Waals surface area contributed by atoms with Crippen LogP contribution in [0.15, 0.2) is 59.5 Å². The Hall–Kier alpha value is -2.35. The highest BCUT2D eigenvalue weighted by atomic mass is 35.5. The van der Waals surface area contributed by atoms with Gasteiger partial charge in [0.05, 0.1) is 27.8 Å². The van der Waals surface area contributed by atoms with Gasteiger partial charge in [-0.15, -0.1) is 0 Å². The van der Waals surface area contributed by atoms with E-state index in [9.17, 15) is 13.2 Å². The highest BCUT2D eigenvalue weighted by molar-refractivity contribution is 7.92. The molecule has 2 aromatic rings. The van der Waals surface area contributed by atoms with Crippen molar-refractivity contribution < 1.29 is 17.9 Å². The van der Waals surface area contributed by atoms with Crippen molar-refractivity contribution in [2.24, 2.45) is 0 Å². The number of hydrogen-bond donors (Lipinski definition) is 1. The number of carbonyl (C=O) groups excluding carboxylic acids is 1. The maximum absolute atomic E-state index is 12.5. The molecule has 1 saturated heterocycles. The topological polar surface area (TPSA) is 75.7 Å². The summed E-state index contributed by atoms with van der Waals surface area (Å²) in [6, 6.07) is 12.9. The van der Waals surface area contributed by atoms with Crippen molar-refractivity contribution in [1.82, 2.24) is 4.90 Å². The van der Waals surface area contributed by atoms with E-state index in [0.717, 1.165) is 5.56 Å². The van der Waals surface area contributed by atoms with Crippen LogP contribution < -0.4 is 4.72 Å². The molecule has 0 saturated carbocycles. The van der Waals surface area contributed by atoms with Gasteiger partial charge in [0.15, 0.2) is 0 Å². The quantitative estimate of drug-likeness (QED) is 0.726. The van der Waals surface area contributed by atoms with E-state index in [1.165, 1.54) is 18.2 Å². The Labute approximate surface area is 176 Å². The Bertz CT molecular complexity index is 996. The number of morpholine rings is 1. The van der Waals surface area contributed by atoms with Crippen LogP contribution in [0.5, 0.6) is 0 Å². The molecule has 8 heteroatoms. The second-order valence-corrected chi connectivity index (χ2v) is 9.08. The average molecular weight is 435 g/mol. The van der Waals surface area contributed by atoms with Crippen molar-refractivity contribution in [1.29, 1.82) is 0 Å². The van der Waals surface area contributed by atoms with E-state index in [4.69, 9.17) is 16.3 Å². The van der Waals surface area contributed by atoms with Gasteiger partial charge in [0, 0.05) is 19.2 Å². The first-order valence-electron chi connectivity index (χ1n) is 9.24. The van der Waals surface area contributed by atoms with Gasteiger partial charge in [0.1, 0.15) is 0 Å². The van der Waals surface area contributed by atoms with Crippen LogP contribution >= 0.6 is 11.6 Å². The summed E-state index contributed by atoms with van der Waals surface area (Å²) in [6.07, 6.45) is 3.18. The fraction of sp³-hybridized carbons (Fsp3) is 0.286. The minimum atomic E-state index is -3.76. The number of anilines is 1. The molecule has 154 valence electrons. The van der Waals surface area contributed by atoms with Gasteiger partial charge < -0.3 is 9.64 Å². The van der Waals surface area contributed by atoms with E-state index in [2.05, 4.69) is 4.72 Å². The standard InChI is InChI=1S/C21H23ClN2O4S/c1-15-13-24(14-16(2)28-15)21(25)12-9-17-7-10-18(11-8-17)29(26,27)23-20-6-4-3-5-19(20)22/h3-12,15-16,23H,13-14H2,1-2H3/b12-9+. The van der Waals surface area contributed by atoms with Gasteiger partial charge in [0.2, 0.25) is 5.91 Å². The lowest BCUT2D eigenvalue weighted by Gasteiger charge is -2.34. The zero-order valence-corrected chi connectivity index (χ0v) is 17.8. The third-order valence-corrected chi connectivity index (χ3v) is 6.17. The molecular weight excluding hydrogens is 412 g/mol. The number of amides is 1. The molecule has 0 aliphatic carbocycles. The van der Waals surface area contributed by atoms with Crippen molar-refractivity contribution >= 4 is 39.3 Å². The molecule has 1 amide bonds. The predicted octanol–water partition coefficient (Wildman–Crippen LogP) is 3.79. The molecule has 1 fully saturated rings. The predicted molar refractivity (Wildman–Crippen MR) is 114 cm³/mol. The van der Waals surface area contributed by atoms with E-state index in [1.54, 1.807) is 47.4 Å². The van der Waals surface area contributed by atoms with Gasteiger partial charge in [-0.2, -0.15) is 0 Å². The smallest absolute Gasteiger partial charge is 0.261 e. The molecule has 0 spiro atoms. The summed E-state index contributed by atoms with van der Waals surface area (Å²) in [4.78, 5) is 14.2. The lowest BCUT2D eigenvalue weighted by Crippen LogP contribution is -2.47. The molecule has 3 rings (SSSR count). The van der Waals surface area contributed by atoms with Crippen LogP contribution in [0.4, 0.5) is 5.69 Å². The molecule has 1 aliphatic heterocycles. The summed E-state index contributed by atoms with van der Waals surface area (Å²) < 4.78 is 33.2. The number of ether oxygens (including phenoxy) is 1. The number of rotatable bonds is 5. The van der Waals surface area contributed by atoms with Gasteiger partial charge in [0.25, 0.3) is 10.0 Å². The molecule has 2 atom stereocenters. The van der Waals surface area contributed by atoms with Gasteiger partial charge in [-0.05, 0) is 49.8 Å². The van der Waals surface area contributed by atoms with Gasteiger partial charge >= 0.3 is 0 Å². The van der Waals surface area contributed by atoms with Crippen LogP contribution in [0.25, 0.3) is 6.08 Å². The summed E-state index contributed by atoms with van der Waals surface area (Å²) in [5.74, 6) is -0.0934. The highest BCUT2D eigenvalue weighted by Crippen LogP contribution is 2.24. The van der Waals surface area contributed by atoms with Crippen LogP contribution in [0.2, 0.25) is 5.02 Å². The maximum Gasteiger partial charge on any atom is 0.261 e. The zero-order chi connectivity index (χ0) is 21.0. The van der Waals surface area contributed by atoms with Crippen molar-refractivity contribution in [2.75, 3.05) is 17.8 Å². The molecule has 1 N–H and O–H groups in total.